The lowest BCUT2D eigenvalue weighted by Gasteiger charge is -2.33. The molecule has 0 spiro atoms. The molecule has 24 heavy (non-hydrogen) atoms. The molecule has 1 aliphatic rings. The van der Waals surface area contributed by atoms with Gasteiger partial charge in [0.15, 0.2) is 11.5 Å². The van der Waals surface area contributed by atoms with Gasteiger partial charge in [0.25, 0.3) is 0 Å². The molecule has 6 heteroatoms. The van der Waals surface area contributed by atoms with Gasteiger partial charge in [0.2, 0.25) is 5.91 Å². The predicted molar refractivity (Wildman–Crippen MR) is 97.8 cm³/mol. The van der Waals surface area contributed by atoms with Crippen molar-refractivity contribution in [3.05, 3.63) is 18.2 Å². The zero-order valence-corrected chi connectivity index (χ0v) is 15.6. The van der Waals surface area contributed by atoms with E-state index in [-0.39, 0.29) is 11.4 Å². The Hall–Kier alpha value is -1.40. The van der Waals surface area contributed by atoms with Gasteiger partial charge < -0.3 is 20.5 Å². The highest BCUT2D eigenvalue weighted by Crippen LogP contribution is 2.34. The van der Waals surface area contributed by atoms with E-state index in [1.165, 1.54) is 0 Å². The van der Waals surface area contributed by atoms with Gasteiger partial charge in [0.1, 0.15) is 0 Å². The van der Waals surface area contributed by atoms with E-state index in [0.29, 0.717) is 37.9 Å². The quantitative estimate of drug-likeness (QED) is 0.738. The van der Waals surface area contributed by atoms with Crippen molar-refractivity contribution in [2.24, 2.45) is 11.7 Å². The van der Waals surface area contributed by atoms with Gasteiger partial charge in [-0.15, -0.1) is 11.8 Å². The number of nitrogens with one attached hydrogen (secondary N) is 1. The average Bonchev–Trinajstić information content (AvgIpc) is 2.79. The molecule has 1 aliphatic heterocycles. The number of fused-ring (bicyclic) bond motifs is 1. The van der Waals surface area contributed by atoms with Crippen molar-refractivity contribution in [1.82, 2.24) is 5.32 Å². The van der Waals surface area contributed by atoms with Gasteiger partial charge in [-0.1, -0.05) is 13.8 Å². The number of rotatable bonds is 7. The lowest BCUT2D eigenvalue weighted by Crippen LogP contribution is -2.55. The monoisotopic (exact) mass is 352 g/mol. The number of hydrogen-bond acceptors (Lipinski definition) is 5. The number of ether oxygens (including phenoxy) is 2. The maximum Gasteiger partial charge on any atom is 0.221 e. The van der Waals surface area contributed by atoms with E-state index in [1.807, 2.05) is 25.1 Å². The Bertz CT molecular complexity index is 565. The fourth-order valence-corrected chi connectivity index (χ4v) is 3.18. The highest BCUT2D eigenvalue weighted by atomic mass is 32.2. The summed E-state index contributed by atoms with van der Waals surface area (Å²) in [4.78, 5) is 13.2. The molecule has 1 amide bonds. The van der Waals surface area contributed by atoms with Crippen LogP contribution in [-0.2, 0) is 4.79 Å². The molecule has 2 rings (SSSR count). The van der Waals surface area contributed by atoms with E-state index in [0.717, 1.165) is 22.8 Å². The van der Waals surface area contributed by atoms with Crippen LogP contribution in [0.3, 0.4) is 0 Å². The molecule has 0 saturated heterocycles. The highest BCUT2D eigenvalue weighted by molar-refractivity contribution is 7.99. The number of nitrogens with two attached hydrogens (primary N) is 1. The Morgan fingerprint density at radius 1 is 1.33 bits per heavy atom. The zero-order chi connectivity index (χ0) is 17.6. The molecule has 5 nitrogen and oxygen atoms in total. The predicted octanol–water partition coefficient (Wildman–Crippen LogP) is 2.82. The summed E-state index contributed by atoms with van der Waals surface area (Å²) < 4.78 is 11.3. The van der Waals surface area contributed by atoms with Gasteiger partial charge in [-0.2, -0.15) is 0 Å². The molecule has 0 aliphatic carbocycles. The summed E-state index contributed by atoms with van der Waals surface area (Å²) in [6.07, 6.45) is 1.36. The van der Waals surface area contributed by atoms with E-state index < -0.39 is 0 Å². The molecule has 0 bridgehead atoms. The first-order valence-electron chi connectivity index (χ1n) is 8.48. The van der Waals surface area contributed by atoms with Crippen molar-refractivity contribution in [2.75, 3.05) is 25.5 Å². The summed E-state index contributed by atoms with van der Waals surface area (Å²) in [5.41, 5.74) is 5.46. The molecule has 0 radical (unpaired) electrons. The number of amides is 1. The maximum absolute atomic E-state index is 12.2. The molecule has 1 unspecified atom stereocenters. The molecule has 1 aromatic carbocycles. The third kappa shape index (κ3) is 5.05. The first-order chi connectivity index (χ1) is 11.4. The second kappa shape index (κ2) is 8.62. The van der Waals surface area contributed by atoms with Crippen LogP contribution in [-0.4, -0.2) is 37.0 Å². The third-order valence-electron chi connectivity index (χ3n) is 4.44. The standard InChI is InChI=1S/C18H28N2O3S/c1-13(2)18(3,12-19)20-17(21)7-10-24-14-5-6-15-16(11-14)23-9-4-8-22-15/h5-6,11,13H,4,7-10,12,19H2,1-3H3,(H,20,21). The van der Waals surface area contributed by atoms with Crippen LogP contribution in [0.4, 0.5) is 0 Å². The van der Waals surface area contributed by atoms with E-state index >= 15 is 0 Å². The fraction of sp³-hybridized carbons (Fsp3) is 0.611. The summed E-state index contributed by atoms with van der Waals surface area (Å²) in [7, 11) is 0. The molecule has 1 heterocycles. The summed E-state index contributed by atoms with van der Waals surface area (Å²) in [5.74, 6) is 2.63. The molecular weight excluding hydrogens is 324 g/mol. The fourth-order valence-electron chi connectivity index (χ4n) is 2.31. The van der Waals surface area contributed by atoms with E-state index in [4.69, 9.17) is 15.2 Å². The Labute approximate surface area is 148 Å². The summed E-state index contributed by atoms with van der Waals surface area (Å²) in [6, 6.07) is 5.93. The van der Waals surface area contributed by atoms with Crippen LogP contribution in [0.5, 0.6) is 11.5 Å². The second-order valence-electron chi connectivity index (χ2n) is 6.58. The van der Waals surface area contributed by atoms with Gasteiger partial charge in [0.05, 0.1) is 18.8 Å². The normalized spacial score (nSPS) is 16.4. The molecule has 1 aromatic rings. The summed E-state index contributed by atoms with van der Waals surface area (Å²) >= 11 is 1.64. The molecule has 134 valence electrons. The molecule has 0 saturated carbocycles. The Kier molecular flexibility index (Phi) is 6.80. The lowest BCUT2D eigenvalue weighted by molar-refractivity contribution is -0.122. The number of benzene rings is 1. The number of carbonyl (C=O) groups excluding carboxylic acids is 1. The van der Waals surface area contributed by atoms with Crippen molar-refractivity contribution in [3.63, 3.8) is 0 Å². The maximum atomic E-state index is 12.2. The first kappa shape index (κ1) is 18.9. The molecule has 3 N–H and O–H groups in total. The highest BCUT2D eigenvalue weighted by Gasteiger charge is 2.28. The number of carbonyl (C=O) groups is 1. The summed E-state index contributed by atoms with van der Waals surface area (Å²) in [5, 5.41) is 3.07. The van der Waals surface area contributed by atoms with Crippen LogP contribution in [0, 0.1) is 5.92 Å². The second-order valence-corrected chi connectivity index (χ2v) is 7.75. The molecular formula is C18H28N2O3S. The van der Waals surface area contributed by atoms with Gasteiger partial charge in [-0.3, -0.25) is 4.79 Å². The van der Waals surface area contributed by atoms with Gasteiger partial charge >= 0.3 is 0 Å². The largest absolute Gasteiger partial charge is 0.490 e. The molecule has 1 atom stereocenters. The number of thioether (sulfide) groups is 1. The van der Waals surface area contributed by atoms with E-state index in [9.17, 15) is 4.79 Å². The first-order valence-corrected chi connectivity index (χ1v) is 9.46. The zero-order valence-electron chi connectivity index (χ0n) is 14.8. The minimum absolute atomic E-state index is 0.0403. The minimum Gasteiger partial charge on any atom is -0.490 e. The van der Waals surface area contributed by atoms with Crippen LogP contribution in [0.15, 0.2) is 23.1 Å². The molecule has 0 fully saturated rings. The van der Waals surface area contributed by atoms with Crippen molar-refractivity contribution in [1.29, 1.82) is 0 Å². The van der Waals surface area contributed by atoms with E-state index in [1.54, 1.807) is 11.8 Å². The lowest BCUT2D eigenvalue weighted by atomic mass is 9.88. The third-order valence-corrected chi connectivity index (χ3v) is 5.44. The van der Waals surface area contributed by atoms with E-state index in [2.05, 4.69) is 19.2 Å². The van der Waals surface area contributed by atoms with Crippen molar-refractivity contribution < 1.29 is 14.3 Å². The SMILES string of the molecule is CC(C)C(C)(CN)NC(=O)CCSc1ccc2c(c1)OCCCO2. The van der Waals surface area contributed by atoms with Crippen molar-refractivity contribution in [3.8, 4) is 11.5 Å². The topological polar surface area (TPSA) is 73.6 Å². The number of hydrogen-bond donors (Lipinski definition) is 2. The van der Waals surface area contributed by atoms with Crippen LogP contribution in [0.25, 0.3) is 0 Å². The van der Waals surface area contributed by atoms with Crippen molar-refractivity contribution in [2.45, 2.75) is 44.0 Å². The van der Waals surface area contributed by atoms with Crippen LogP contribution in [0.2, 0.25) is 0 Å². The van der Waals surface area contributed by atoms with Gasteiger partial charge in [-0.25, -0.2) is 0 Å². The Balaban J connectivity index is 1.84. The smallest absolute Gasteiger partial charge is 0.221 e. The van der Waals surface area contributed by atoms with Gasteiger partial charge in [0, 0.05) is 30.0 Å². The van der Waals surface area contributed by atoms with Crippen LogP contribution >= 0.6 is 11.8 Å². The van der Waals surface area contributed by atoms with Crippen LogP contribution in [0.1, 0.15) is 33.6 Å². The van der Waals surface area contributed by atoms with Gasteiger partial charge in [-0.05, 0) is 31.0 Å². The Morgan fingerprint density at radius 2 is 2.04 bits per heavy atom. The van der Waals surface area contributed by atoms with Crippen LogP contribution < -0.4 is 20.5 Å². The average molecular weight is 353 g/mol. The summed E-state index contributed by atoms with van der Waals surface area (Å²) in [6.45, 7) is 7.93. The Morgan fingerprint density at radius 3 is 2.71 bits per heavy atom. The minimum atomic E-state index is -0.350. The molecule has 0 aromatic heterocycles. The van der Waals surface area contributed by atoms with Crippen molar-refractivity contribution >= 4 is 17.7 Å².